The Balaban J connectivity index is 3.89. The summed E-state index contributed by atoms with van der Waals surface area (Å²) in [5, 5.41) is 0. The Morgan fingerprint density at radius 1 is 1.25 bits per heavy atom. The zero-order chi connectivity index (χ0) is 9.83. The molecule has 0 saturated heterocycles. The first-order valence-electron chi connectivity index (χ1n) is 3.07. The molecule has 12 heavy (non-hydrogen) atoms. The van der Waals surface area contributed by atoms with E-state index in [1.54, 1.807) is 0 Å². The molecule has 74 valence electrons. The van der Waals surface area contributed by atoms with Crippen LogP contribution in [0.5, 0.6) is 0 Å². The lowest BCUT2D eigenvalue weighted by molar-refractivity contribution is 0.482. The molecular formula is C4H9O5S3-. The summed E-state index contributed by atoms with van der Waals surface area (Å²) < 4.78 is 51.6. The molecule has 8 heteroatoms. The number of rotatable bonds is 5. The van der Waals surface area contributed by atoms with Crippen LogP contribution in [0.3, 0.4) is 0 Å². The lowest BCUT2D eigenvalue weighted by Gasteiger charge is -2.04. The van der Waals surface area contributed by atoms with Gasteiger partial charge in [0.25, 0.3) is 0 Å². The normalized spacial score (nSPS) is 13.2. The zero-order valence-corrected chi connectivity index (χ0v) is 8.84. The van der Waals surface area contributed by atoms with Crippen molar-refractivity contribution in [3.8, 4) is 0 Å². The molecule has 0 rings (SSSR count). The molecule has 0 bridgehead atoms. The second kappa shape index (κ2) is 4.45. The molecule has 0 aromatic heterocycles. The molecule has 0 N–H and O–H groups in total. The fraction of sp³-hybridized carbons (Fsp3) is 1.00. The maximum Gasteiger partial charge on any atom is 0.150 e. The van der Waals surface area contributed by atoms with E-state index in [9.17, 15) is 21.4 Å². The van der Waals surface area contributed by atoms with Gasteiger partial charge in [0.05, 0.1) is 5.75 Å². The molecule has 0 amide bonds. The third-order valence-corrected chi connectivity index (χ3v) is 5.05. The summed E-state index contributed by atoms with van der Waals surface area (Å²) in [6.07, 6.45) is 0. The van der Waals surface area contributed by atoms with Gasteiger partial charge in [-0.1, -0.05) is 6.92 Å². The number of sulfone groups is 1. The van der Waals surface area contributed by atoms with Crippen molar-refractivity contribution in [1.82, 2.24) is 0 Å². The quantitative estimate of drug-likeness (QED) is 0.474. The Bertz CT molecular complexity index is 313. The monoisotopic (exact) mass is 233 g/mol. The Kier molecular flexibility index (Phi) is 4.53. The van der Waals surface area contributed by atoms with Crippen molar-refractivity contribution in [1.29, 1.82) is 0 Å². The fourth-order valence-electron chi connectivity index (χ4n) is 0.407. The van der Waals surface area contributed by atoms with Crippen LogP contribution in [0.2, 0.25) is 0 Å². The second-order valence-corrected chi connectivity index (χ2v) is 7.83. The summed E-state index contributed by atoms with van der Waals surface area (Å²) in [6, 6.07) is 0. The van der Waals surface area contributed by atoms with Gasteiger partial charge < -0.3 is 4.55 Å². The van der Waals surface area contributed by atoms with Crippen LogP contribution >= 0.6 is 10.8 Å². The minimum Gasteiger partial charge on any atom is -0.739 e. The molecule has 0 aliphatic carbocycles. The van der Waals surface area contributed by atoms with Crippen LogP contribution in [0.1, 0.15) is 6.92 Å². The predicted molar refractivity (Wildman–Crippen MR) is 46.5 cm³/mol. The van der Waals surface area contributed by atoms with Gasteiger partial charge in [-0.15, -0.1) is 0 Å². The van der Waals surface area contributed by atoms with E-state index < -0.39 is 19.0 Å². The third-order valence-electron chi connectivity index (χ3n) is 1.06. The molecule has 0 saturated carbocycles. The molecule has 0 aromatic rings. The lowest BCUT2D eigenvalue weighted by atomic mass is 10.9. The van der Waals surface area contributed by atoms with E-state index in [-0.39, 0.29) is 28.1 Å². The van der Waals surface area contributed by atoms with Crippen molar-refractivity contribution in [2.75, 3.05) is 17.3 Å². The zero-order valence-electron chi connectivity index (χ0n) is 6.39. The van der Waals surface area contributed by atoms with E-state index in [1.165, 1.54) is 6.92 Å². The Hall–Kier alpha value is 0.210. The summed E-state index contributed by atoms with van der Waals surface area (Å²) in [7, 11) is -7.41. The van der Waals surface area contributed by atoms with Crippen LogP contribution in [-0.4, -0.2) is 38.6 Å². The lowest BCUT2D eigenvalue weighted by Crippen LogP contribution is -2.11. The molecular weight excluding hydrogens is 224 g/mol. The van der Waals surface area contributed by atoms with Crippen LogP contribution in [0.4, 0.5) is 0 Å². The first-order valence-corrected chi connectivity index (χ1v) is 7.81. The minimum atomic E-state index is -4.35. The van der Waals surface area contributed by atoms with E-state index in [1.807, 2.05) is 0 Å². The summed E-state index contributed by atoms with van der Waals surface area (Å²) >= 11 is 0. The van der Waals surface area contributed by atoms with Gasteiger partial charge in [0, 0.05) is 11.5 Å². The first-order chi connectivity index (χ1) is 5.27. The summed E-state index contributed by atoms with van der Waals surface area (Å²) in [5.74, 6) is -0.496. The summed E-state index contributed by atoms with van der Waals surface area (Å²) in [6.45, 7) is 1.46. The van der Waals surface area contributed by atoms with Gasteiger partial charge in [-0.25, -0.2) is 16.8 Å². The molecule has 0 aliphatic heterocycles. The predicted octanol–water partition coefficient (Wildman–Crippen LogP) is -0.385. The van der Waals surface area contributed by atoms with Gasteiger partial charge in [0.15, 0.2) is 9.84 Å². The van der Waals surface area contributed by atoms with E-state index >= 15 is 0 Å². The van der Waals surface area contributed by atoms with Crippen LogP contribution in [-0.2, 0) is 19.0 Å². The highest BCUT2D eigenvalue weighted by Crippen LogP contribution is 2.09. The van der Waals surface area contributed by atoms with Gasteiger partial charge in [0.1, 0.15) is 9.15 Å². The van der Waals surface area contributed by atoms with Gasteiger partial charge >= 0.3 is 0 Å². The molecule has 0 aliphatic rings. The van der Waals surface area contributed by atoms with Crippen molar-refractivity contribution >= 4 is 29.8 Å². The molecule has 0 spiro atoms. The molecule has 5 nitrogen and oxygen atoms in total. The van der Waals surface area contributed by atoms with Crippen LogP contribution in [0.15, 0.2) is 0 Å². The highest BCUT2D eigenvalue weighted by Gasteiger charge is 2.07. The Morgan fingerprint density at radius 3 is 2.08 bits per heavy atom. The highest BCUT2D eigenvalue weighted by molar-refractivity contribution is 8.69. The highest BCUT2D eigenvalue weighted by atomic mass is 33.1. The van der Waals surface area contributed by atoms with Crippen molar-refractivity contribution < 1.29 is 21.4 Å². The summed E-state index contributed by atoms with van der Waals surface area (Å²) in [5.41, 5.74) is 0. The third kappa shape index (κ3) is 6.89. The average Bonchev–Trinajstić information content (AvgIpc) is 1.84. The van der Waals surface area contributed by atoms with Gasteiger partial charge in [-0.05, 0) is 10.8 Å². The molecule has 0 unspecified atom stereocenters. The van der Waals surface area contributed by atoms with Crippen LogP contribution in [0, 0.1) is 0 Å². The number of hydrogen-bond acceptors (Lipinski definition) is 6. The maximum absolute atomic E-state index is 10.8. The Morgan fingerprint density at radius 2 is 1.75 bits per heavy atom. The molecule has 0 radical (unpaired) electrons. The van der Waals surface area contributed by atoms with E-state index in [2.05, 4.69) is 0 Å². The largest absolute Gasteiger partial charge is 0.739 e. The molecule has 0 heterocycles. The van der Waals surface area contributed by atoms with E-state index in [4.69, 9.17) is 0 Å². The van der Waals surface area contributed by atoms with Crippen LogP contribution < -0.4 is 0 Å². The average molecular weight is 233 g/mol. The number of hydrogen-bond donors (Lipinski definition) is 0. The molecule has 0 aromatic carbocycles. The molecule has 0 fully saturated rings. The standard InChI is InChI=1S/C4H10O5S3/c1-2-11(5,6)4-3-10-12(7,8)9/h2-4H2,1H3,(H,7,8,9)/p-1. The van der Waals surface area contributed by atoms with Gasteiger partial charge in [-0.2, -0.15) is 0 Å². The molecule has 0 atom stereocenters. The van der Waals surface area contributed by atoms with Crippen molar-refractivity contribution in [2.45, 2.75) is 6.92 Å². The maximum atomic E-state index is 10.8. The topological polar surface area (TPSA) is 91.3 Å². The van der Waals surface area contributed by atoms with Crippen molar-refractivity contribution in [2.24, 2.45) is 0 Å². The summed E-state index contributed by atoms with van der Waals surface area (Å²) in [4.78, 5) is 0. The van der Waals surface area contributed by atoms with E-state index in [0.717, 1.165) is 0 Å². The van der Waals surface area contributed by atoms with Gasteiger partial charge in [-0.3, -0.25) is 0 Å². The minimum absolute atomic E-state index is 0.0353. The SMILES string of the molecule is CCS(=O)(=O)CCSS(=O)(=O)[O-]. The first kappa shape index (κ1) is 12.2. The fourth-order valence-corrected chi connectivity index (χ4v) is 3.41. The van der Waals surface area contributed by atoms with Gasteiger partial charge in [0.2, 0.25) is 0 Å². The van der Waals surface area contributed by atoms with Crippen molar-refractivity contribution in [3.05, 3.63) is 0 Å². The van der Waals surface area contributed by atoms with Crippen molar-refractivity contribution in [3.63, 3.8) is 0 Å². The van der Waals surface area contributed by atoms with E-state index in [0.29, 0.717) is 0 Å². The smallest absolute Gasteiger partial charge is 0.150 e. The second-order valence-electron chi connectivity index (χ2n) is 1.97. The van der Waals surface area contributed by atoms with Crippen LogP contribution in [0.25, 0.3) is 0 Å². The Labute approximate surface area is 75.6 Å².